The van der Waals surface area contributed by atoms with E-state index in [0.717, 1.165) is 85.8 Å². The number of rotatable bonds is 9. The van der Waals surface area contributed by atoms with Gasteiger partial charge in [0.05, 0.1) is 26.0 Å². The SMILES string of the molecule is COc1ccc(CN2CCC(c3nnc(SC[C@H]4CCCO4)n3-c3cccc(OC)c3)CC2)cc1. The number of hydrogen-bond acceptors (Lipinski definition) is 7. The first-order chi connectivity index (χ1) is 17.2. The van der Waals surface area contributed by atoms with E-state index in [1.54, 1.807) is 26.0 Å². The van der Waals surface area contributed by atoms with Gasteiger partial charge in [0, 0.05) is 30.9 Å². The Labute approximate surface area is 211 Å². The van der Waals surface area contributed by atoms with E-state index in [9.17, 15) is 0 Å². The number of nitrogens with zero attached hydrogens (tertiary/aromatic N) is 4. The van der Waals surface area contributed by atoms with Crippen LogP contribution < -0.4 is 9.47 Å². The molecule has 2 fully saturated rings. The zero-order valence-electron chi connectivity index (χ0n) is 20.6. The van der Waals surface area contributed by atoms with Crippen molar-refractivity contribution in [1.82, 2.24) is 19.7 Å². The number of methoxy groups -OCH3 is 2. The molecular formula is C27H34N4O3S. The second-order valence-electron chi connectivity index (χ2n) is 9.22. The molecule has 0 bridgehead atoms. The molecule has 3 heterocycles. The molecular weight excluding hydrogens is 460 g/mol. The van der Waals surface area contributed by atoms with Gasteiger partial charge in [-0.2, -0.15) is 0 Å². The summed E-state index contributed by atoms with van der Waals surface area (Å²) in [4.78, 5) is 2.53. The van der Waals surface area contributed by atoms with Crippen LogP contribution in [0.3, 0.4) is 0 Å². The fraction of sp³-hybridized carbons (Fsp3) is 0.481. The lowest BCUT2D eigenvalue weighted by molar-refractivity contribution is 0.129. The van der Waals surface area contributed by atoms with Crippen molar-refractivity contribution in [2.24, 2.45) is 0 Å². The van der Waals surface area contributed by atoms with Crippen LogP contribution in [-0.4, -0.2) is 65.4 Å². The predicted molar refractivity (Wildman–Crippen MR) is 138 cm³/mol. The number of ether oxygens (including phenoxy) is 3. The molecule has 0 amide bonds. The summed E-state index contributed by atoms with van der Waals surface area (Å²) in [6.07, 6.45) is 4.71. The number of likely N-dealkylation sites (tertiary alicyclic amines) is 1. The second-order valence-corrected chi connectivity index (χ2v) is 10.2. The van der Waals surface area contributed by atoms with Gasteiger partial charge in [-0.15, -0.1) is 10.2 Å². The summed E-state index contributed by atoms with van der Waals surface area (Å²) >= 11 is 1.75. The van der Waals surface area contributed by atoms with Gasteiger partial charge in [-0.25, -0.2) is 0 Å². The molecule has 0 unspecified atom stereocenters. The highest BCUT2D eigenvalue weighted by Crippen LogP contribution is 2.34. The number of aromatic nitrogens is 3. The molecule has 35 heavy (non-hydrogen) atoms. The molecule has 1 aromatic heterocycles. The Kier molecular flexibility index (Phi) is 7.91. The van der Waals surface area contributed by atoms with E-state index in [1.807, 2.05) is 24.3 Å². The maximum atomic E-state index is 5.84. The molecule has 2 aromatic carbocycles. The van der Waals surface area contributed by atoms with Crippen LogP contribution in [0.4, 0.5) is 0 Å². The Morgan fingerprint density at radius 3 is 2.49 bits per heavy atom. The molecule has 0 N–H and O–H groups in total. The predicted octanol–water partition coefficient (Wildman–Crippen LogP) is 4.94. The van der Waals surface area contributed by atoms with Gasteiger partial charge >= 0.3 is 0 Å². The van der Waals surface area contributed by atoms with Crippen LogP contribution in [-0.2, 0) is 11.3 Å². The summed E-state index contributed by atoms with van der Waals surface area (Å²) in [6, 6.07) is 16.6. The molecule has 5 rings (SSSR count). The van der Waals surface area contributed by atoms with Crippen LogP contribution in [0, 0.1) is 0 Å². The van der Waals surface area contributed by atoms with Gasteiger partial charge in [0.1, 0.15) is 17.3 Å². The number of thioether (sulfide) groups is 1. The number of piperidine rings is 1. The topological polar surface area (TPSA) is 61.6 Å². The van der Waals surface area contributed by atoms with Gasteiger partial charge in [-0.05, 0) is 68.6 Å². The lowest BCUT2D eigenvalue weighted by atomic mass is 9.95. The van der Waals surface area contributed by atoms with Crippen molar-refractivity contribution in [3.8, 4) is 17.2 Å². The van der Waals surface area contributed by atoms with Gasteiger partial charge in [0.15, 0.2) is 5.16 Å². The fourth-order valence-corrected chi connectivity index (χ4v) is 5.94. The average Bonchev–Trinajstić information content (AvgIpc) is 3.58. The minimum Gasteiger partial charge on any atom is -0.497 e. The van der Waals surface area contributed by atoms with Crippen molar-refractivity contribution < 1.29 is 14.2 Å². The van der Waals surface area contributed by atoms with E-state index < -0.39 is 0 Å². The van der Waals surface area contributed by atoms with Crippen LogP contribution in [0.1, 0.15) is 43.0 Å². The summed E-state index contributed by atoms with van der Waals surface area (Å²) in [7, 11) is 3.41. The number of benzene rings is 2. The molecule has 2 aliphatic rings. The van der Waals surface area contributed by atoms with E-state index in [1.165, 1.54) is 5.56 Å². The van der Waals surface area contributed by atoms with Gasteiger partial charge in [-0.3, -0.25) is 9.47 Å². The first-order valence-electron chi connectivity index (χ1n) is 12.4. The van der Waals surface area contributed by atoms with E-state index in [2.05, 4.69) is 38.8 Å². The molecule has 0 aliphatic carbocycles. The highest BCUT2D eigenvalue weighted by atomic mass is 32.2. The standard InChI is InChI=1S/C27H34N4O3S/c1-32-23-10-8-20(9-11-23)18-30-14-12-21(13-15-30)26-28-29-27(35-19-25-7-4-16-34-25)31(26)22-5-3-6-24(17-22)33-2/h3,5-6,8-11,17,21,25H,4,7,12-16,18-19H2,1-2H3/t25-/m1/s1. The minimum absolute atomic E-state index is 0.306. The molecule has 2 saturated heterocycles. The lowest BCUT2D eigenvalue weighted by Gasteiger charge is -2.31. The van der Waals surface area contributed by atoms with Crippen LogP contribution >= 0.6 is 11.8 Å². The second kappa shape index (κ2) is 11.5. The summed E-state index contributed by atoms with van der Waals surface area (Å²) in [5.41, 5.74) is 2.37. The smallest absolute Gasteiger partial charge is 0.195 e. The van der Waals surface area contributed by atoms with E-state index in [4.69, 9.17) is 19.3 Å². The van der Waals surface area contributed by atoms with E-state index >= 15 is 0 Å². The van der Waals surface area contributed by atoms with Gasteiger partial charge in [-0.1, -0.05) is 30.0 Å². The van der Waals surface area contributed by atoms with E-state index in [0.29, 0.717) is 12.0 Å². The van der Waals surface area contributed by atoms with Crippen LogP contribution in [0.25, 0.3) is 5.69 Å². The minimum atomic E-state index is 0.306. The van der Waals surface area contributed by atoms with Crippen LogP contribution in [0.15, 0.2) is 53.7 Å². The maximum absolute atomic E-state index is 5.84. The third-order valence-corrected chi connectivity index (χ3v) is 7.97. The van der Waals surface area contributed by atoms with Crippen molar-refractivity contribution in [1.29, 1.82) is 0 Å². The lowest BCUT2D eigenvalue weighted by Crippen LogP contribution is -2.33. The Balaban J connectivity index is 1.31. The molecule has 3 aromatic rings. The van der Waals surface area contributed by atoms with Gasteiger partial charge in [0.2, 0.25) is 0 Å². The molecule has 0 saturated carbocycles. The zero-order chi connectivity index (χ0) is 24.0. The quantitative estimate of drug-likeness (QED) is 0.391. The third kappa shape index (κ3) is 5.82. The third-order valence-electron chi connectivity index (χ3n) is 6.91. The van der Waals surface area contributed by atoms with Crippen molar-refractivity contribution in [3.05, 3.63) is 59.9 Å². The Bertz CT molecular complexity index is 1090. The summed E-state index contributed by atoms with van der Waals surface area (Å²) < 4.78 is 18.9. The molecule has 1 atom stereocenters. The Morgan fingerprint density at radius 2 is 1.77 bits per heavy atom. The monoisotopic (exact) mass is 494 g/mol. The fourth-order valence-electron chi connectivity index (χ4n) is 4.91. The molecule has 7 nitrogen and oxygen atoms in total. The molecule has 0 radical (unpaired) electrons. The van der Waals surface area contributed by atoms with E-state index in [-0.39, 0.29) is 0 Å². The summed E-state index contributed by atoms with van der Waals surface area (Å²) in [5, 5.41) is 10.3. The zero-order valence-corrected chi connectivity index (χ0v) is 21.4. The highest BCUT2D eigenvalue weighted by molar-refractivity contribution is 7.99. The normalized spacial score (nSPS) is 19.2. The summed E-state index contributed by atoms with van der Waals surface area (Å²) in [6.45, 7) is 3.91. The van der Waals surface area contributed by atoms with Gasteiger partial charge < -0.3 is 14.2 Å². The summed E-state index contributed by atoms with van der Waals surface area (Å²) in [5.74, 6) is 4.07. The largest absolute Gasteiger partial charge is 0.497 e. The highest BCUT2D eigenvalue weighted by Gasteiger charge is 2.28. The van der Waals surface area contributed by atoms with Crippen molar-refractivity contribution >= 4 is 11.8 Å². The average molecular weight is 495 g/mol. The molecule has 186 valence electrons. The van der Waals surface area contributed by atoms with Crippen molar-refractivity contribution in [2.75, 3.05) is 39.7 Å². The molecule has 0 spiro atoms. The first-order valence-corrected chi connectivity index (χ1v) is 13.4. The first kappa shape index (κ1) is 24.2. The molecule has 8 heteroatoms. The Hall–Kier alpha value is -2.55. The van der Waals surface area contributed by atoms with Crippen LogP contribution in [0.5, 0.6) is 11.5 Å². The van der Waals surface area contributed by atoms with Crippen molar-refractivity contribution in [2.45, 2.75) is 49.4 Å². The number of hydrogen-bond donors (Lipinski definition) is 0. The van der Waals surface area contributed by atoms with Crippen LogP contribution in [0.2, 0.25) is 0 Å². The Morgan fingerprint density at radius 1 is 0.971 bits per heavy atom. The van der Waals surface area contributed by atoms with Gasteiger partial charge in [0.25, 0.3) is 0 Å². The molecule has 2 aliphatic heterocycles. The maximum Gasteiger partial charge on any atom is 0.195 e. The van der Waals surface area contributed by atoms with Crippen molar-refractivity contribution in [3.63, 3.8) is 0 Å².